The van der Waals surface area contributed by atoms with Crippen LogP contribution < -0.4 is 0 Å². The molecule has 0 aromatic heterocycles. The number of hydrogen-bond donors (Lipinski definition) is 0. The van der Waals surface area contributed by atoms with E-state index in [0.717, 1.165) is 128 Å². The van der Waals surface area contributed by atoms with Crippen LogP contribution in [0.25, 0.3) is 0 Å². The molecule has 0 amide bonds. The molecule has 0 spiro atoms. The Kier molecular flexibility index (Phi) is 49.4. The summed E-state index contributed by atoms with van der Waals surface area (Å²) in [6, 6.07) is 0. The molecule has 0 aromatic carbocycles. The van der Waals surface area contributed by atoms with Gasteiger partial charge in [0.1, 0.15) is 13.2 Å². The Balaban J connectivity index is 4.47. The molecule has 6 heteroatoms. The topological polar surface area (TPSA) is 78.9 Å². The predicted octanol–water partition coefficient (Wildman–Crippen LogP) is 17.6. The van der Waals surface area contributed by atoms with Gasteiger partial charge in [0.25, 0.3) is 0 Å². The third kappa shape index (κ3) is 49.6. The van der Waals surface area contributed by atoms with Crippen molar-refractivity contribution >= 4 is 17.9 Å². The fourth-order valence-corrected chi connectivity index (χ4v) is 7.10. The van der Waals surface area contributed by atoms with E-state index in [4.69, 9.17) is 14.2 Å². The van der Waals surface area contributed by atoms with Gasteiger partial charge >= 0.3 is 17.9 Å². The molecule has 0 saturated carbocycles. The molecule has 1 unspecified atom stereocenters. The molecule has 0 aliphatic rings. The summed E-state index contributed by atoms with van der Waals surface area (Å²) in [6.45, 7) is 6.45. The van der Waals surface area contributed by atoms with E-state index < -0.39 is 6.10 Å². The number of hydrogen-bond acceptors (Lipinski definition) is 6. The quantitative estimate of drug-likeness (QED) is 0.0262. The van der Waals surface area contributed by atoms with Crippen molar-refractivity contribution in [3.05, 3.63) is 85.1 Å². The molecular formula is C58H98O6. The lowest BCUT2D eigenvalue weighted by Gasteiger charge is -2.18. The Bertz CT molecular complexity index is 1250. The normalized spacial score (nSPS) is 12.7. The van der Waals surface area contributed by atoms with E-state index in [1.807, 2.05) is 0 Å². The number of carbonyl (C=O) groups is 3. The van der Waals surface area contributed by atoms with E-state index in [1.54, 1.807) is 0 Å². The van der Waals surface area contributed by atoms with E-state index in [-0.39, 0.29) is 31.1 Å². The minimum atomic E-state index is -0.797. The number of carbonyl (C=O) groups excluding carboxylic acids is 3. The van der Waals surface area contributed by atoms with Crippen molar-refractivity contribution in [1.82, 2.24) is 0 Å². The predicted molar refractivity (Wildman–Crippen MR) is 274 cm³/mol. The maximum atomic E-state index is 12.8. The Morgan fingerprint density at radius 3 is 1.00 bits per heavy atom. The molecule has 0 heterocycles. The minimum absolute atomic E-state index is 0.0950. The van der Waals surface area contributed by atoms with Crippen LogP contribution in [0.2, 0.25) is 0 Å². The monoisotopic (exact) mass is 891 g/mol. The first-order valence-corrected chi connectivity index (χ1v) is 26.6. The standard InChI is InChI=1S/C58H98O6/c1-4-7-10-13-16-19-22-25-28-29-31-33-36-39-42-45-48-51-57(60)63-54-55(53-62-56(59)50-47-44-41-38-35-32-27-24-21-18-15-12-9-6-3)64-58(61)52-49-46-43-40-37-34-30-26-23-20-17-14-11-8-5-2/h7,10,16-17,19-20,24-28,30-31,33,55H,4-6,8-9,11-15,18,21-23,29,32,34-54H2,1-3H3/b10-7-,19-16-,20-17-,27-24-,28-25-,30-26-,33-31-. The van der Waals surface area contributed by atoms with Crippen molar-refractivity contribution in [2.75, 3.05) is 13.2 Å². The van der Waals surface area contributed by atoms with Crippen LogP contribution in [0.1, 0.15) is 245 Å². The maximum Gasteiger partial charge on any atom is 0.306 e. The molecule has 64 heavy (non-hydrogen) atoms. The number of ether oxygens (including phenoxy) is 3. The Morgan fingerprint density at radius 2 is 0.609 bits per heavy atom. The zero-order chi connectivity index (χ0) is 46.5. The number of esters is 3. The highest BCUT2D eigenvalue weighted by atomic mass is 16.6. The van der Waals surface area contributed by atoms with Crippen LogP contribution in [-0.2, 0) is 28.6 Å². The molecule has 0 bridgehead atoms. The molecule has 0 saturated heterocycles. The molecule has 0 radical (unpaired) electrons. The highest BCUT2D eigenvalue weighted by molar-refractivity contribution is 5.71. The molecule has 0 N–H and O–H groups in total. The second-order valence-electron chi connectivity index (χ2n) is 17.4. The molecule has 0 aliphatic carbocycles. The minimum Gasteiger partial charge on any atom is -0.462 e. The van der Waals surface area contributed by atoms with Crippen LogP contribution >= 0.6 is 0 Å². The summed E-state index contributed by atoms with van der Waals surface area (Å²) in [5.41, 5.74) is 0. The lowest BCUT2D eigenvalue weighted by Crippen LogP contribution is -2.30. The Hall–Kier alpha value is -3.41. The van der Waals surface area contributed by atoms with Crippen LogP contribution in [0.5, 0.6) is 0 Å². The zero-order valence-electron chi connectivity index (χ0n) is 41.8. The van der Waals surface area contributed by atoms with Gasteiger partial charge in [-0.2, -0.15) is 0 Å². The van der Waals surface area contributed by atoms with Crippen molar-refractivity contribution in [1.29, 1.82) is 0 Å². The molecule has 366 valence electrons. The van der Waals surface area contributed by atoms with E-state index in [9.17, 15) is 14.4 Å². The van der Waals surface area contributed by atoms with Crippen LogP contribution in [0, 0.1) is 0 Å². The van der Waals surface area contributed by atoms with Gasteiger partial charge in [-0.05, 0) is 116 Å². The first-order valence-electron chi connectivity index (χ1n) is 26.6. The summed E-state index contributed by atoms with van der Waals surface area (Å²) in [7, 11) is 0. The molecule has 1 atom stereocenters. The largest absolute Gasteiger partial charge is 0.462 e. The summed E-state index contributed by atoms with van der Waals surface area (Å²) in [4.78, 5) is 38.0. The van der Waals surface area contributed by atoms with Gasteiger partial charge in [0.15, 0.2) is 6.10 Å². The van der Waals surface area contributed by atoms with Gasteiger partial charge in [-0.3, -0.25) is 14.4 Å². The van der Waals surface area contributed by atoms with Crippen LogP contribution in [-0.4, -0.2) is 37.2 Å². The van der Waals surface area contributed by atoms with Gasteiger partial charge in [-0.15, -0.1) is 0 Å². The van der Waals surface area contributed by atoms with Gasteiger partial charge in [0.05, 0.1) is 0 Å². The molecule has 0 fully saturated rings. The number of rotatable bonds is 47. The summed E-state index contributed by atoms with van der Waals surface area (Å²) in [5, 5.41) is 0. The van der Waals surface area contributed by atoms with Crippen LogP contribution in [0.4, 0.5) is 0 Å². The van der Waals surface area contributed by atoms with E-state index >= 15 is 0 Å². The summed E-state index contributed by atoms with van der Waals surface area (Å²) >= 11 is 0. The second kappa shape index (κ2) is 52.2. The van der Waals surface area contributed by atoms with Crippen molar-refractivity contribution in [2.24, 2.45) is 0 Å². The molecule has 0 aliphatic heterocycles. The first-order chi connectivity index (χ1) is 31.5. The highest BCUT2D eigenvalue weighted by Gasteiger charge is 2.19. The van der Waals surface area contributed by atoms with Gasteiger partial charge in [0, 0.05) is 19.3 Å². The van der Waals surface area contributed by atoms with Crippen LogP contribution in [0.3, 0.4) is 0 Å². The van der Waals surface area contributed by atoms with Gasteiger partial charge in [-0.25, -0.2) is 0 Å². The average Bonchev–Trinajstić information content (AvgIpc) is 3.29. The van der Waals surface area contributed by atoms with Crippen molar-refractivity contribution in [3.8, 4) is 0 Å². The SMILES string of the molecule is CC/C=C\C/C=C\C/C=C\C/C=C\CCCCCCC(=O)OCC(COC(=O)CCCCCCC/C=C\CCCCCCC)OC(=O)CCCCCCC/C=C\C/C=C\CCCCC. The molecular weight excluding hydrogens is 793 g/mol. The smallest absolute Gasteiger partial charge is 0.306 e. The number of unbranched alkanes of at least 4 members (excludes halogenated alkanes) is 22. The van der Waals surface area contributed by atoms with E-state index in [0.29, 0.717) is 19.3 Å². The lowest BCUT2D eigenvalue weighted by molar-refractivity contribution is -0.167. The molecule has 6 nitrogen and oxygen atoms in total. The summed E-state index contributed by atoms with van der Waals surface area (Å²) < 4.78 is 16.8. The average molecular weight is 891 g/mol. The fourth-order valence-electron chi connectivity index (χ4n) is 7.10. The summed E-state index contributed by atoms with van der Waals surface area (Å²) in [5.74, 6) is -0.941. The number of allylic oxidation sites excluding steroid dienone is 14. The van der Waals surface area contributed by atoms with Gasteiger partial charge in [0.2, 0.25) is 0 Å². The Morgan fingerprint density at radius 1 is 0.328 bits per heavy atom. The molecule has 0 rings (SSSR count). The van der Waals surface area contributed by atoms with Crippen molar-refractivity contribution in [3.63, 3.8) is 0 Å². The van der Waals surface area contributed by atoms with Gasteiger partial charge < -0.3 is 14.2 Å². The maximum absolute atomic E-state index is 12.8. The zero-order valence-corrected chi connectivity index (χ0v) is 41.8. The lowest BCUT2D eigenvalue weighted by atomic mass is 10.1. The highest BCUT2D eigenvalue weighted by Crippen LogP contribution is 2.13. The van der Waals surface area contributed by atoms with Crippen molar-refractivity contribution < 1.29 is 28.6 Å². The fraction of sp³-hybridized carbons (Fsp3) is 0.707. The summed E-state index contributed by atoms with van der Waals surface area (Å²) in [6.07, 6.45) is 67.0. The van der Waals surface area contributed by atoms with Crippen LogP contribution in [0.15, 0.2) is 85.1 Å². The Labute approximate surface area is 395 Å². The van der Waals surface area contributed by atoms with E-state index in [2.05, 4.69) is 106 Å². The second-order valence-corrected chi connectivity index (χ2v) is 17.4. The third-order valence-corrected chi connectivity index (χ3v) is 11.1. The third-order valence-electron chi connectivity index (χ3n) is 11.1. The van der Waals surface area contributed by atoms with Gasteiger partial charge in [-0.1, -0.05) is 196 Å². The first kappa shape index (κ1) is 60.6. The van der Waals surface area contributed by atoms with E-state index in [1.165, 1.54) is 77.0 Å². The van der Waals surface area contributed by atoms with Crippen molar-refractivity contribution in [2.45, 2.75) is 252 Å². The molecule has 0 aromatic rings.